The molecular weight excluding hydrogens is 490 g/mol. The first-order chi connectivity index (χ1) is 16.5. The van der Waals surface area contributed by atoms with Gasteiger partial charge in [0.25, 0.3) is 0 Å². The van der Waals surface area contributed by atoms with Crippen LogP contribution in [0, 0.1) is 0 Å². The summed E-state index contributed by atoms with van der Waals surface area (Å²) in [4.78, 5) is 12.9. The predicted octanol–water partition coefficient (Wildman–Crippen LogP) is 2.38. The first-order valence-corrected chi connectivity index (χ1v) is 14.9. The van der Waals surface area contributed by atoms with Gasteiger partial charge in [0.2, 0.25) is 26.0 Å². The number of carbonyl (C=O) groups is 1. The fraction of sp³-hybridized carbons (Fsp3) is 0.458. The van der Waals surface area contributed by atoms with Crippen LogP contribution in [0.3, 0.4) is 0 Å². The highest BCUT2D eigenvalue weighted by Crippen LogP contribution is 2.23. The minimum Gasteiger partial charge on any atom is -0.492 e. The molecule has 1 amide bonds. The molecule has 1 atom stereocenters. The molecule has 0 bridgehead atoms. The summed E-state index contributed by atoms with van der Waals surface area (Å²) in [6.45, 7) is 4.92. The van der Waals surface area contributed by atoms with Crippen LogP contribution in [0.5, 0.6) is 5.75 Å². The SMILES string of the molecule is CCc1ccc(N([C@@H](C)C(=O)NCCOc2ccc(S(=O)(=O)N3CCCC3)cc2)S(C)(=O)=O)cc1. The average molecular weight is 524 g/mol. The van der Waals surface area contributed by atoms with Crippen molar-refractivity contribution in [1.82, 2.24) is 9.62 Å². The molecule has 11 heteroatoms. The molecule has 9 nitrogen and oxygen atoms in total. The number of nitrogens with one attached hydrogen (secondary N) is 1. The van der Waals surface area contributed by atoms with E-state index in [1.165, 1.54) is 23.4 Å². The second kappa shape index (κ2) is 11.4. The maximum atomic E-state index is 12.7. The fourth-order valence-corrected chi connectivity index (χ4v) is 6.66. The van der Waals surface area contributed by atoms with Crippen LogP contribution in [-0.4, -0.2) is 65.6 Å². The van der Waals surface area contributed by atoms with E-state index in [0.717, 1.165) is 35.4 Å². The summed E-state index contributed by atoms with van der Waals surface area (Å²) in [6.07, 6.45) is 3.64. The number of carbonyl (C=O) groups excluding carboxylic acids is 1. The van der Waals surface area contributed by atoms with Crippen molar-refractivity contribution in [3.63, 3.8) is 0 Å². The normalized spacial score (nSPS) is 15.5. The van der Waals surface area contributed by atoms with Crippen LogP contribution in [0.15, 0.2) is 53.4 Å². The van der Waals surface area contributed by atoms with Crippen LogP contribution >= 0.6 is 0 Å². The highest BCUT2D eigenvalue weighted by molar-refractivity contribution is 7.92. The number of aryl methyl sites for hydroxylation is 1. The Balaban J connectivity index is 1.54. The summed E-state index contributed by atoms with van der Waals surface area (Å²) in [5.74, 6) is 0.0205. The molecule has 192 valence electrons. The molecule has 0 aliphatic carbocycles. The third-order valence-corrected chi connectivity index (χ3v) is 9.04. The topological polar surface area (TPSA) is 113 Å². The standard InChI is InChI=1S/C24H33N3O6S2/c1-4-20-7-9-21(10-8-20)27(34(3,29)30)19(2)24(28)25-15-18-33-22-11-13-23(14-12-22)35(31,32)26-16-5-6-17-26/h7-14,19H,4-6,15-18H2,1-3H3,(H,25,28)/t19-/m0/s1. The zero-order valence-corrected chi connectivity index (χ0v) is 21.9. The summed E-state index contributed by atoms with van der Waals surface area (Å²) in [5.41, 5.74) is 1.49. The summed E-state index contributed by atoms with van der Waals surface area (Å²) < 4.78 is 58.2. The van der Waals surface area contributed by atoms with Gasteiger partial charge < -0.3 is 10.1 Å². The Morgan fingerprint density at radius 1 is 1.03 bits per heavy atom. The first kappa shape index (κ1) is 27.0. The van der Waals surface area contributed by atoms with Crippen molar-refractivity contribution in [2.24, 2.45) is 0 Å². The van der Waals surface area contributed by atoms with E-state index in [9.17, 15) is 21.6 Å². The number of amides is 1. The van der Waals surface area contributed by atoms with Gasteiger partial charge in [-0.05, 0) is 68.1 Å². The minimum absolute atomic E-state index is 0.140. The summed E-state index contributed by atoms with van der Waals surface area (Å²) >= 11 is 0. The van der Waals surface area contributed by atoms with Crippen molar-refractivity contribution in [3.8, 4) is 5.75 Å². The average Bonchev–Trinajstić information content (AvgIpc) is 3.38. The van der Waals surface area contributed by atoms with E-state index in [0.29, 0.717) is 24.5 Å². The number of hydrogen-bond donors (Lipinski definition) is 1. The van der Waals surface area contributed by atoms with E-state index in [4.69, 9.17) is 4.74 Å². The number of rotatable bonds is 11. The van der Waals surface area contributed by atoms with Crippen molar-refractivity contribution in [1.29, 1.82) is 0 Å². The molecule has 0 radical (unpaired) electrons. The number of ether oxygens (including phenoxy) is 1. The molecule has 2 aromatic rings. The van der Waals surface area contributed by atoms with Crippen molar-refractivity contribution >= 4 is 31.6 Å². The van der Waals surface area contributed by atoms with Crippen molar-refractivity contribution in [2.45, 2.75) is 44.0 Å². The van der Waals surface area contributed by atoms with Gasteiger partial charge in [0.1, 0.15) is 18.4 Å². The molecular formula is C24H33N3O6S2. The maximum absolute atomic E-state index is 12.7. The van der Waals surface area contributed by atoms with Crippen LogP contribution in [0.1, 0.15) is 32.3 Å². The van der Waals surface area contributed by atoms with E-state index >= 15 is 0 Å². The summed E-state index contributed by atoms with van der Waals surface area (Å²) in [5, 5.41) is 2.70. The van der Waals surface area contributed by atoms with Gasteiger partial charge >= 0.3 is 0 Å². The number of benzene rings is 2. The lowest BCUT2D eigenvalue weighted by molar-refractivity contribution is -0.121. The zero-order valence-electron chi connectivity index (χ0n) is 20.3. The highest BCUT2D eigenvalue weighted by Gasteiger charge is 2.29. The third-order valence-electron chi connectivity index (χ3n) is 5.88. The lowest BCUT2D eigenvalue weighted by atomic mass is 10.1. The second-order valence-corrected chi connectivity index (χ2v) is 12.3. The van der Waals surface area contributed by atoms with Crippen LogP contribution in [0.2, 0.25) is 0 Å². The van der Waals surface area contributed by atoms with Crippen LogP contribution in [0.4, 0.5) is 5.69 Å². The molecule has 0 saturated carbocycles. The third kappa shape index (κ3) is 6.74. The Kier molecular flexibility index (Phi) is 8.79. The van der Waals surface area contributed by atoms with E-state index in [1.54, 1.807) is 24.3 Å². The first-order valence-electron chi connectivity index (χ1n) is 11.6. The zero-order chi connectivity index (χ0) is 25.6. The van der Waals surface area contributed by atoms with E-state index < -0.39 is 32.0 Å². The Hall–Kier alpha value is -2.63. The maximum Gasteiger partial charge on any atom is 0.243 e. The van der Waals surface area contributed by atoms with Crippen molar-refractivity contribution in [2.75, 3.05) is 36.8 Å². The Morgan fingerprint density at radius 2 is 1.63 bits per heavy atom. The van der Waals surface area contributed by atoms with Gasteiger partial charge in [0.15, 0.2) is 0 Å². The Labute approximate surface area is 208 Å². The van der Waals surface area contributed by atoms with Crippen LogP contribution in [-0.2, 0) is 31.3 Å². The molecule has 1 fully saturated rings. The molecule has 3 rings (SSSR count). The van der Waals surface area contributed by atoms with Gasteiger partial charge in [-0.3, -0.25) is 9.10 Å². The molecule has 0 unspecified atom stereocenters. The molecule has 35 heavy (non-hydrogen) atoms. The number of anilines is 1. The molecule has 1 aliphatic heterocycles. The van der Waals surface area contributed by atoms with E-state index in [-0.39, 0.29) is 18.0 Å². The Morgan fingerprint density at radius 3 is 2.17 bits per heavy atom. The Bertz CT molecular complexity index is 1210. The molecule has 0 spiro atoms. The van der Waals surface area contributed by atoms with Gasteiger partial charge in [0.05, 0.1) is 23.4 Å². The quantitative estimate of drug-likeness (QED) is 0.453. The molecule has 1 N–H and O–H groups in total. The monoisotopic (exact) mass is 523 g/mol. The van der Waals surface area contributed by atoms with Crippen LogP contribution in [0.25, 0.3) is 0 Å². The fourth-order valence-electron chi connectivity index (χ4n) is 3.96. The van der Waals surface area contributed by atoms with Crippen LogP contribution < -0.4 is 14.4 Å². The molecule has 1 heterocycles. The molecule has 1 aliphatic rings. The van der Waals surface area contributed by atoms with Gasteiger partial charge in [-0.2, -0.15) is 4.31 Å². The van der Waals surface area contributed by atoms with Gasteiger partial charge in [-0.15, -0.1) is 0 Å². The smallest absolute Gasteiger partial charge is 0.243 e. The summed E-state index contributed by atoms with van der Waals surface area (Å²) in [6, 6.07) is 12.3. The van der Waals surface area contributed by atoms with Gasteiger partial charge in [-0.1, -0.05) is 19.1 Å². The number of sulfonamides is 2. The summed E-state index contributed by atoms with van der Waals surface area (Å²) in [7, 11) is -7.17. The predicted molar refractivity (Wildman–Crippen MR) is 136 cm³/mol. The van der Waals surface area contributed by atoms with Crippen molar-refractivity contribution < 1.29 is 26.4 Å². The van der Waals surface area contributed by atoms with E-state index in [2.05, 4.69) is 5.32 Å². The van der Waals surface area contributed by atoms with E-state index in [1.807, 2.05) is 19.1 Å². The molecule has 2 aromatic carbocycles. The number of nitrogens with zero attached hydrogens (tertiary/aromatic N) is 2. The number of hydrogen-bond acceptors (Lipinski definition) is 6. The largest absolute Gasteiger partial charge is 0.492 e. The molecule has 0 aromatic heterocycles. The lowest BCUT2D eigenvalue weighted by Crippen LogP contribution is -2.48. The van der Waals surface area contributed by atoms with Gasteiger partial charge in [-0.25, -0.2) is 16.8 Å². The lowest BCUT2D eigenvalue weighted by Gasteiger charge is -2.28. The second-order valence-electron chi connectivity index (χ2n) is 8.48. The molecule has 1 saturated heterocycles. The van der Waals surface area contributed by atoms with Gasteiger partial charge in [0, 0.05) is 13.1 Å². The minimum atomic E-state index is -3.69. The van der Waals surface area contributed by atoms with Crippen molar-refractivity contribution in [3.05, 3.63) is 54.1 Å². The highest BCUT2D eigenvalue weighted by atomic mass is 32.2.